The van der Waals surface area contributed by atoms with Crippen LogP contribution in [0.15, 0.2) is 78.9 Å². The maximum Gasteiger partial charge on any atom is 0.329 e. The molecule has 0 radical (unpaired) electrons. The zero-order chi connectivity index (χ0) is 52.0. The third-order valence-electron chi connectivity index (χ3n) is 15.4. The van der Waals surface area contributed by atoms with Crippen molar-refractivity contribution >= 4 is 53.3 Å². The van der Waals surface area contributed by atoms with Gasteiger partial charge in [0.2, 0.25) is 0 Å². The third kappa shape index (κ3) is 13.9. The molecule has 10 atom stereocenters. The fourth-order valence-electron chi connectivity index (χ4n) is 11.0. The Bertz CT molecular complexity index is 2340. The van der Waals surface area contributed by atoms with Crippen molar-refractivity contribution in [3.05, 3.63) is 106 Å². The molecule has 1 aliphatic carbocycles. The standard InChI is InChI=1S/C58H75ClN2O11/c1-38-21-25-44(26-22-38)58(43-15-8-7-9-16-43,47-18-10-11-19-48(47)59)72-53(65)30-29-52(64)69-50-28-24-42(35-39(50)2)36-40(3)51(37-45(63)17-14-32-60-6)70-56(68)49-20-12-13-33-61(49)55(67)54(66)57(5)41(4)23-27-46(71-57)31-34-62/h7-11,15-16,18-19,21-22,25-26,34,39-42,46,49-51,60H,12-14,17,20,23-24,27-33,35-37H2,1-6H3/t39-,40-,41-,42-,46+,49?,50-,51+,57-,58?/m1/s1. The quantitative estimate of drug-likeness (QED) is 0.0239. The molecule has 13 nitrogen and oxygen atoms in total. The number of halogens is 1. The number of likely N-dealkylation sites (tertiary alicyclic amines) is 1. The molecule has 390 valence electrons. The van der Waals surface area contributed by atoms with Crippen LogP contribution in [0.1, 0.15) is 146 Å². The number of piperidine rings is 1. The highest BCUT2D eigenvalue weighted by molar-refractivity contribution is 6.39. The van der Waals surface area contributed by atoms with E-state index in [0.29, 0.717) is 86.0 Å². The summed E-state index contributed by atoms with van der Waals surface area (Å²) in [4.78, 5) is 95.6. The minimum Gasteiger partial charge on any atom is -0.462 e. The number of rotatable bonds is 23. The zero-order valence-electron chi connectivity index (χ0n) is 43.0. The Balaban J connectivity index is 1.07. The molecule has 1 saturated carbocycles. The van der Waals surface area contributed by atoms with Crippen molar-refractivity contribution in [1.82, 2.24) is 10.2 Å². The molecule has 3 aromatic carbocycles. The number of Topliss-reactive ketones (excluding diaryl/α,β-unsaturated/α-hetero) is 2. The highest BCUT2D eigenvalue weighted by atomic mass is 35.5. The van der Waals surface area contributed by atoms with Crippen molar-refractivity contribution in [2.75, 3.05) is 20.1 Å². The topological polar surface area (TPSA) is 172 Å². The lowest BCUT2D eigenvalue weighted by Crippen LogP contribution is -2.59. The number of esters is 3. The van der Waals surface area contributed by atoms with Crippen LogP contribution >= 0.6 is 11.6 Å². The summed E-state index contributed by atoms with van der Waals surface area (Å²) >= 11 is 6.84. The first kappa shape index (κ1) is 56.1. The maximum absolute atomic E-state index is 14.2. The van der Waals surface area contributed by atoms with E-state index in [9.17, 15) is 33.6 Å². The van der Waals surface area contributed by atoms with Crippen LogP contribution in [0.25, 0.3) is 0 Å². The number of ketones is 2. The number of carbonyl (C=O) groups excluding carboxylic acids is 7. The lowest BCUT2D eigenvalue weighted by Gasteiger charge is -2.43. The Morgan fingerprint density at radius 2 is 1.57 bits per heavy atom. The van der Waals surface area contributed by atoms with Gasteiger partial charge in [0, 0.05) is 47.5 Å². The second kappa shape index (κ2) is 26.1. The number of carbonyl (C=O) groups is 7. The van der Waals surface area contributed by atoms with Crippen LogP contribution in [-0.4, -0.2) is 96.7 Å². The molecule has 72 heavy (non-hydrogen) atoms. The summed E-state index contributed by atoms with van der Waals surface area (Å²) in [6.45, 7) is 10.3. The molecule has 3 aromatic rings. The average Bonchev–Trinajstić information content (AvgIpc) is 3.37. The van der Waals surface area contributed by atoms with Crippen molar-refractivity contribution < 1.29 is 52.5 Å². The van der Waals surface area contributed by atoms with E-state index < -0.39 is 59.1 Å². The fourth-order valence-corrected chi connectivity index (χ4v) is 11.2. The molecule has 2 aliphatic heterocycles. The molecular formula is C58H75ClN2O11. The molecule has 14 heteroatoms. The highest BCUT2D eigenvalue weighted by Gasteiger charge is 2.51. The van der Waals surface area contributed by atoms with E-state index in [-0.39, 0.29) is 67.8 Å². The van der Waals surface area contributed by atoms with Gasteiger partial charge in [-0.15, -0.1) is 0 Å². The Morgan fingerprint density at radius 1 is 0.875 bits per heavy atom. The van der Waals surface area contributed by atoms with E-state index in [2.05, 4.69) is 5.32 Å². The molecule has 0 spiro atoms. The van der Waals surface area contributed by atoms with Gasteiger partial charge < -0.3 is 34.0 Å². The van der Waals surface area contributed by atoms with Gasteiger partial charge in [-0.1, -0.05) is 111 Å². The predicted molar refractivity (Wildman–Crippen MR) is 274 cm³/mol. The zero-order valence-corrected chi connectivity index (χ0v) is 43.8. The molecule has 2 heterocycles. The number of aldehydes is 1. The summed E-state index contributed by atoms with van der Waals surface area (Å²) in [5, 5.41) is 3.49. The van der Waals surface area contributed by atoms with Crippen LogP contribution < -0.4 is 5.32 Å². The lowest BCUT2D eigenvalue weighted by atomic mass is 9.75. The van der Waals surface area contributed by atoms with Gasteiger partial charge in [-0.25, -0.2) is 4.79 Å². The van der Waals surface area contributed by atoms with Crippen LogP contribution in [0, 0.1) is 30.6 Å². The summed E-state index contributed by atoms with van der Waals surface area (Å²) in [6.07, 6.45) is 5.43. The first-order valence-electron chi connectivity index (χ1n) is 26.1. The molecule has 3 fully saturated rings. The molecule has 6 rings (SSSR count). The second-order valence-electron chi connectivity index (χ2n) is 20.8. The molecule has 2 saturated heterocycles. The smallest absolute Gasteiger partial charge is 0.329 e. The van der Waals surface area contributed by atoms with E-state index in [0.717, 1.165) is 24.7 Å². The highest BCUT2D eigenvalue weighted by Crippen LogP contribution is 2.44. The van der Waals surface area contributed by atoms with Gasteiger partial charge in [0.1, 0.15) is 35.9 Å². The number of ether oxygens (including phenoxy) is 4. The van der Waals surface area contributed by atoms with E-state index in [4.69, 9.17) is 30.5 Å². The molecular weight excluding hydrogens is 936 g/mol. The molecule has 0 aromatic heterocycles. The van der Waals surface area contributed by atoms with Gasteiger partial charge in [0.15, 0.2) is 5.60 Å². The van der Waals surface area contributed by atoms with E-state index in [1.54, 1.807) is 13.0 Å². The van der Waals surface area contributed by atoms with Crippen molar-refractivity contribution in [2.45, 2.75) is 166 Å². The summed E-state index contributed by atoms with van der Waals surface area (Å²) in [5.41, 5.74) is 0.213. The van der Waals surface area contributed by atoms with Crippen molar-refractivity contribution in [3.63, 3.8) is 0 Å². The number of hydrogen-bond donors (Lipinski definition) is 1. The van der Waals surface area contributed by atoms with E-state index in [1.165, 1.54) is 4.90 Å². The average molecular weight is 1010 g/mol. The largest absolute Gasteiger partial charge is 0.462 e. The SMILES string of the molecule is CNCCCC(=O)C[C@H](OC(=O)C1CCCCN1C(=O)C(=O)[C@]1(C)O[C@H](CC=O)CC[C@H]1C)[C@H](C)C[C@@H]1CC[C@@H](OC(=O)CCC(=O)OC(c2ccccc2)(c2ccc(C)cc2)c2ccccc2Cl)[C@H](C)C1. The Labute approximate surface area is 430 Å². The molecule has 1 N–H and O–H groups in total. The van der Waals surface area contributed by atoms with Crippen molar-refractivity contribution in [3.8, 4) is 0 Å². The van der Waals surface area contributed by atoms with Gasteiger partial charge in [-0.05, 0) is 121 Å². The fraction of sp³-hybridized carbons (Fsp3) is 0.569. The van der Waals surface area contributed by atoms with Crippen LogP contribution in [-0.2, 0) is 58.1 Å². The van der Waals surface area contributed by atoms with Gasteiger partial charge in [-0.2, -0.15) is 0 Å². The molecule has 1 amide bonds. The summed E-state index contributed by atoms with van der Waals surface area (Å²) in [5.74, 6) is -3.59. The number of hydrogen-bond acceptors (Lipinski definition) is 12. The van der Waals surface area contributed by atoms with Crippen molar-refractivity contribution in [2.24, 2.45) is 23.7 Å². The Kier molecular flexibility index (Phi) is 20.3. The van der Waals surface area contributed by atoms with Gasteiger partial charge in [0.05, 0.1) is 18.9 Å². The van der Waals surface area contributed by atoms with Crippen LogP contribution in [0.2, 0.25) is 5.02 Å². The summed E-state index contributed by atoms with van der Waals surface area (Å²) in [7, 11) is 1.82. The minimum absolute atomic E-state index is 0.00528. The Morgan fingerprint density at radius 3 is 2.26 bits per heavy atom. The number of nitrogens with one attached hydrogen (secondary N) is 1. The molecule has 3 aliphatic rings. The lowest BCUT2D eigenvalue weighted by molar-refractivity contribution is -0.182. The number of nitrogens with zero attached hydrogens (tertiary/aromatic N) is 1. The monoisotopic (exact) mass is 1010 g/mol. The predicted octanol–water partition coefficient (Wildman–Crippen LogP) is 9.62. The first-order chi connectivity index (χ1) is 34.5. The first-order valence-corrected chi connectivity index (χ1v) is 26.5. The van der Waals surface area contributed by atoms with E-state index >= 15 is 0 Å². The molecule has 2 unspecified atom stereocenters. The van der Waals surface area contributed by atoms with Gasteiger partial charge >= 0.3 is 17.9 Å². The second-order valence-corrected chi connectivity index (χ2v) is 21.2. The number of aryl methyl sites for hydroxylation is 1. The van der Waals surface area contributed by atoms with Crippen LogP contribution in [0.3, 0.4) is 0 Å². The normalized spacial score (nSPS) is 25.0. The van der Waals surface area contributed by atoms with E-state index in [1.807, 2.05) is 108 Å². The van der Waals surface area contributed by atoms with Gasteiger partial charge in [-0.3, -0.25) is 24.0 Å². The minimum atomic E-state index is -1.44. The van der Waals surface area contributed by atoms with Gasteiger partial charge in [0.25, 0.3) is 11.7 Å². The molecule has 0 bridgehead atoms. The number of amides is 1. The van der Waals surface area contributed by atoms with Crippen molar-refractivity contribution in [1.29, 1.82) is 0 Å². The summed E-state index contributed by atoms with van der Waals surface area (Å²) in [6, 6.07) is 23.5. The summed E-state index contributed by atoms with van der Waals surface area (Å²) < 4.78 is 24.9. The maximum atomic E-state index is 14.2. The number of benzene rings is 3. The van der Waals surface area contributed by atoms with Crippen LogP contribution in [0.5, 0.6) is 0 Å². The van der Waals surface area contributed by atoms with Crippen LogP contribution in [0.4, 0.5) is 0 Å². The third-order valence-corrected chi connectivity index (χ3v) is 15.7. The Hall–Kier alpha value is -5.24.